The van der Waals surface area contributed by atoms with Crippen LogP contribution < -0.4 is 9.16 Å². The standard InChI is InChI=1S/C14H22O3Si/c1-18(2,3)17-13-9-7-12(8-10-13)16-14-6-4-5-11-15-14/h7-10,14H,4-6,11H2,1-3H3. The lowest BCUT2D eigenvalue weighted by atomic mass is 10.2. The molecule has 2 rings (SSSR count). The van der Waals surface area contributed by atoms with Crippen LogP contribution >= 0.6 is 0 Å². The van der Waals surface area contributed by atoms with E-state index in [1.807, 2.05) is 24.3 Å². The monoisotopic (exact) mass is 266 g/mol. The van der Waals surface area contributed by atoms with Gasteiger partial charge in [-0.25, -0.2) is 0 Å². The Kier molecular flexibility index (Phi) is 4.30. The third kappa shape index (κ3) is 4.35. The highest BCUT2D eigenvalue weighted by atomic mass is 28.4. The van der Waals surface area contributed by atoms with E-state index >= 15 is 0 Å². The molecule has 0 aromatic heterocycles. The largest absolute Gasteiger partial charge is 0.544 e. The summed E-state index contributed by atoms with van der Waals surface area (Å²) in [7, 11) is -1.52. The zero-order valence-corrected chi connectivity index (χ0v) is 12.4. The Bertz CT molecular complexity index is 364. The van der Waals surface area contributed by atoms with Gasteiger partial charge >= 0.3 is 0 Å². The summed E-state index contributed by atoms with van der Waals surface area (Å²) >= 11 is 0. The van der Waals surface area contributed by atoms with E-state index in [-0.39, 0.29) is 6.29 Å². The second-order valence-electron chi connectivity index (χ2n) is 5.60. The summed E-state index contributed by atoms with van der Waals surface area (Å²) < 4.78 is 17.2. The number of rotatable bonds is 4. The highest BCUT2D eigenvalue weighted by molar-refractivity contribution is 6.70. The van der Waals surface area contributed by atoms with Crippen molar-refractivity contribution in [1.29, 1.82) is 0 Å². The molecule has 0 spiro atoms. The molecule has 3 nitrogen and oxygen atoms in total. The lowest BCUT2D eigenvalue weighted by Crippen LogP contribution is -2.29. The Hall–Kier alpha value is -1.00. The van der Waals surface area contributed by atoms with Crippen LogP contribution in [-0.2, 0) is 4.74 Å². The predicted octanol–water partition coefficient (Wildman–Crippen LogP) is 3.81. The Labute approximate surface area is 110 Å². The van der Waals surface area contributed by atoms with Crippen LogP contribution in [-0.4, -0.2) is 21.2 Å². The van der Waals surface area contributed by atoms with E-state index < -0.39 is 8.32 Å². The lowest BCUT2D eigenvalue weighted by molar-refractivity contribution is -0.105. The fourth-order valence-electron chi connectivity index (χ4n) is 1.90. The molecule has 1 aliphatic rings. The SMILES string of the molecule is C[Si](C)(C)Oc1ccc(OC2CCCCO2)cc1. The van der Waals surface area contributed by atoms with Crippen LogP contribution in [0.1, 0.15) is 19.3 Å². The second-order valence-corrected chi connectivity index (χ2v) is 10.0. The van der Waals surface area contributed by atoms with E-state index in [0.29, 0.717) is 0 Å². The van der Waals surface area contributed by atoms with E-state index in [2.05, 4.69) is 19.6 Å². The van der Waals surface area contributed by atoms with Gasteiger partial charge in [-0.1, -0.05) is 0 Å². The smallest absolute Gasteiger partial charge is 0.242 e. The first-order valence-electron chi connectivity index (χ1n) is 6.60. The average molecular weight is 266 g/mol. The number of hydrogen-bond donors (Lipinski definition) is 0. The molecule has 4 heteroatoms. The third-order valence-corrected chi connectivity index (χ3v) is 3.50. The first kappa shape index (κ1) is 13.4. The van der Waals surface area contributed by atoms with Crippen LogP contribution in [0.4, 0.5) is 0 Å². The molecular weight excluding hydrogens is 244 g/mol. The maximum Gasteiger partial charge on any atom is 0.242 e. The molecule has 1 fully saturated rings. The van der Waals surface area contributed by atoms with Crippen molar-refractivity contribution < 1.29 is 13.9 Å². The van der Waals surface area contributed by atoms with Gasteiger partial charge < -0.3 is 13.9 Å². The molecule has 1 heterocycles. The minimum absolute atomic E-state index is 0.0810. The molecule has 0 amide bonds. The van der Waals surface area contributed by atoms with Crippen LogP contribution in [0.2, 0.25) is 19.6 Å². The van der Waals surface area contributed by atoms with Crippen molar-refractivity contribution in [2.24, 2.45) is 0 Å². The van der Waals surface area contributed by atoms with E-state index in [1.54, 1.807) is 0 Å². The molecule has 0 bridgehead atoms. The summed E-state index contributed by atoms with van der Waals surface area (Å²) in [6, 6.07) is 7.84. The molecular formula is C14H22O3Si. The summed E-state index contributed by atoms with van der Waals surface area (Å²) in [6.07, 6.45) is 3.22. The molecule has 0 aliphatic carbocycles. The molecule has 1 unspecified atom stereocenters. The van der Waals surface area contributed by atoms with Crippen molar-refractivity contribution >= 4 is 8.32 Å². The maximum absolute atomic E-state index is 5.90. The fourth-order valence-corrected chi connectivity index (χ4v) is 2.74. The van der Waals surface area contributed by atoms with Crippen molar-refractivity contribution in [3.8, 4) is 11.5 Å². The van der Waals surface area contributed by atoms with E-state index in [1.165, 1.54) is 6.42 Å². The number of hydrogen-bond acceptors (Lipinski definition) is 3. The van der Waals surface area contributed by atoms with Crippen molar-refractivity contribution in [3.05, 3.63) is 24.3 Å². The van der Waals surface area contributed by atoms with Crippen LogP contribution in [0.25, 0.3) is 0 Å². The van der Waals surface area contributed by atoms with Crippen molar-refractivity contribution in [2.45, 2.75) is 45.2 Å². The maximum atomic E-state index is 5.90. The Morgan fingerprint density at radius 2 is 1.72 bits per heavy atom. The quantitative estimate of drug-likeness (QED) is 0.776. The van der Waals surface area contributed by atoms with E-state index in [0.717, 1.165) is 30.9 Å². The average Bonchev–Trinajstić information content (AvgIpc) is 2.31. The first-order valence-corrected chi connectivity index (χ1v) is 10.0. The molecule has 1 aliphatic heterocycles. The number of benzene rings is 1. The molecule has 0 saturated carbocycles. The van der Waals surface area contributed by atoms with Crippen LogP contribution in [0.5, 0.6) is 11.5 Å². The van der Waals surface area contributed by atoms with Gasteiger partial charge in [0, 0.05) is 6.42 Å². The lowest BCUT2D eigenvalue weighted by Gasteiger charge is -2.24. The van der Waals surface area contributed by atoms with Crippen LogP contribution in [0.3, 0.4) is 0 Å². The third-order valence-electron chi connectivity index (χ3n) is 2.65. The van der Waals surface area contributed by atoms with Gasteiger partial charge in [-0.3, -0.25) is 0 Å². The molecule has 0 N–H and O–H groups in total. The zero-order valence-electron chi connectivity index (χ0n) is 11.4. The molecule has 18 heavy (non-hydrogen) atoms. The minimum Gasteiger partial charge on any atom is -0.544 e. The highest BCUT2D eigenvalue weighted by Crippen LogP contribution is 2.23. The van der Waals surface area contributed by atoms with Crippen LogP contribution in [0.15, 0.2) is 24.3 Å². The summed E-state index contributed by atoms with van der Waals surface area (Å²) in [4.78, 5) is 0. The van der Waals surface area contributed by atoms with Gasteiger partial charge in [0.25, 0.3) is 0 Å². The summed E-state index contributed by atoms with van der Waals surface area (Å²) in [5.41, 5.74) is 0. The van der Waals surface area contributed by atoms with E-state index in [9.17, 15) is 0 Å². The van der Waals surface area contributed by atoms with Gasteiger partial charge in [0.15, 0.2) is 6.29 Å². The number of ether oxygens (including phenoxy) is 2. The summed E-state index contributed by atoms with van der Waals surface area (Å²) in [5.74, 6) is 1.77. The first-order chi connectivity index (χ1) is 8.53. The second kappa shape index (κ2) is 5.76. The molecule has 1 saturated heterocycles. The minimum atomic E-state index is -1.52. The van der Waals surface area contributed by atoms with Gasteiger partial charge in [0.1, 0.15) is 11.5 Å². The van der Waals surface area contributed by atoms with Crippen LogP contribution in [0, 0.1) is 0 Å². The van der Waals surface area contributed by atoms with Crippen molar-refractivity contribution in [3.63, 3.8) is 0 Å². The summed E-state index contributed by atoms with van der Waals surface area (Å²) in [6.45, 7) is 7.33. The van der Waals surface area contributed by atoms with E-state index in [4.69, 9.17) is 13.9 Å². The molecule has 1 atom stereocenters. The van der Waals surface area contributed by atoms with Crippen molar-refractivity contribution in [2.75, 3.05) is 6.61 Å². The normalized spacial score (nSPS) is 20.5. The molecule has 1 aromatic carbocycles. The van der Waals surface area contributed by atoms with Gasteiger partial charge in [0.2, 0.25) is 8.32 Å². The Morgan fingerprint density at radius 1 is 1.06 bits per heavy atom. The van der Waals surface area contributed by atoms with Crippen molar-refractivity contribution in [1.82, 2.24) is 0 Å². The Balaban J connectivity index is 1.90. The molecule has 1 aromatic rings. The Morgan fingerprint density at radius 3 is 2.28 bits per heavy atom. The summed E-state index contributed by atoms with van der Waals surface area (Å²) in [5, 5.41) is 0. The van der Waals surface area contributed by atoms with Gasteiger partial charge in [0.05, 0.1) is 6.61 Å². The van der Waals surface area contributed by atoms with Gasteiger partial charge in [-0.15, -0.1) is 0 Å². The predicted molar refractivity (Wildman–Crippen MR) is 74.6 cm³/mol. The molecule has 0 radical (unpaired) electrons. The topological polar surface area (TPSA) is 27.7 Å². The molecule has 100 valence electrons. The van der Waals surface area contributed by atoms with Gasteiger partial charge in [-0.2, -0.15) is 0 Å². The highest BCUT2D eigenvalue weighted by Gasteiger charge is 2.17. The zero-order chi connectivity index (χ0) is 13.0. The van der Waals surface area contributed by atoms with Gasteiger partial charge in [-0.05, 0) is 56.7 Å². The fraction of sp³-hybridized carbons (Fsp3) is 0.571.